The van der Waals surface area contributed by atoms with E-state index < -0.39 is 0 Å². The first-order valence-corrected chi connectivity index (χ1v) is 10.9. The van der Waals surface area contributed by atoms with Crippen molar-refractivity contribution in [2.24, 2.45) is 5.92 Å². The lowest BCUT2D eigenvalue weighted by atomic mass is 10.1. The van der Waals surface area contributed by atoms with Crippen LogP contribution >= 0.6 is 11.3 Å². The Labute approximate surface area is 178 Å². The molecule has 1 aromatic carbocycles. The van der Waals surface area contributed by atoms with Crippen LogP contribution in [0.25, 0.3) is 10.2 Å². The average Bonchev–Trinajstić information content (AvgIpc) is 3.31. The van der Waals surface area contributed by atoms with Crippen molar-refractivity contribution in [3.05, 3.63) is 56.4 Å². The van der Waals surface area contributed by atoms with Crippen molar-refractivity contribution in [2.45, 2.75) is 40.2 Å². The Kier molecular flexibility index (Phi) is 5.42. The predicted octanol–water partition coefficient (Wildman–Crippen LogP) is 3.35. The van der Waals surface area contributed by atoms with Crippen molar-refractivity contribution in [1.29, 1.82) is 0 Å². The number of thiophene rings is 1. The summed E-state index contributed by atoms with van der Waals surface area (Å²) < 4.78 is 1.71. The van der Waals surface area contributed by atoms with Gasteiger partial charge in [-0.05, 0) is 37.0 Å². The van der Waals surface area contributed by atoms with Gasteiger partial charge in [-0.2, -0.15) is 0 Å². The highest BCUT2D eigenvalue weighted by Gasteiger charge is 2.24. The molecule has 1 aliphatic heterocycles. The fraction of sp³-hybridized carbons (Fsp3) is 0.364. The monoisotopic (exact) mass is 424 g/mol. The maximum atomic E-state index is 13.0. The lowest BCUT2D eigenvalue weighted by molar-refractivity contribution is 0.0950. The van der Waals surface area contributed by atoms with Crippen LogP contribution in [0.3, 0.4) is 0 Å². The second-order valence-corrected chi connectivity index (χ2v) is 8.93. The minimum atomic E-state index is -0.343. The van der Waals surface area contributed by atoms with E-state index in [9.17, 15) is 14.4 Å². The fourth-order valence-electron chi connectivity index (χ4n) is 3.65. The van der Waals surface area contributed by atoms with Crippen LogP contribution in [0.4, 0.5) is 5.69 Å². The van der Waals surface area contributed by atoms with Gasteiger partial charge in [0.2, 0.25) is 0 Å². The minimum Gasteiger partial charge on any atom is -0.352 e. The quantitative estimate of drug-likeness (QED) is 0.657. The largest absolute Gasteiger partial charge is 0.352 e. The van der Waals surface area contributed by atoms with E-state index in [2.05, 4.69) is 15.6 Å². The summed E-state index contributed by atoms with van der Waals surface area (Å²) in [6.07, 6.45) is 1.70. The molecule has 4 rings (SSSR count). The Morgan fingerprint density at radius 2 is 2.00 bits per heavy atom. The zero-order chi connectivity index (χ0) is 21.4. The van der Waals surface area contributed by atoms with E-state index in [1.807, 2.05) is 13.8 Å². The molecule has 3 aromatic rings. The number of nitrogens with zero attached hydrogens (tertiary/aromatic N) is 2. The van der Waals surface area contributed by atoms with Crippen LogP contribution in [-0.2, 0) is 13.0 Å². The van der Waals surface area contributed by atoms with Gasteiger partial charge < -0.3 is 10.6 Å². The topological polar surface area (TPSA) is 93.1 Å². The first-order chi connectivity index (χ1) is 14.4. The van der Waals surface area contributed by atoms with Crippen LogP contribution in [0.2, 0.25) is 0 Å². The van der Waals surface area contributed by atoms with Crippen molar-refractivity contribution in [3.8, 4) is 0 Å². The van der Waals surface area contributed by atoms with Gasteiger partial charge in [-0.1, -0.05) is 26.0 Å². The van der Waals surface area contributed by atoms with Gasteiger partial charge in [0.05, 0.1) is 21.5 Å². The molecule has 0 unspecified atom stereocenters. The van der Waals surface area contributed by atoms with Crippen molar-refractivity contribution in [3.63, 3.8) is 0 Å². The summed E-state index contributed by atoms with van der Waals surface area (Å²) in [5.41, 5.74) is 1.40. The number of hydrogen-bond donors (Lipinski definition) is 2. The molecule has 0 fully saturated rings. The summed E-state index contributed by atoms with van der Waals surface area (Å²) in [5, 5.41) is 6.24. The molecule has 2 amide bonds. The number of rotatable bonds is 5. The van der Waals surface area contributed by atoms with E-state index in [-0.39, 0.29) is 17.4 Å². The summed E-state index contributed by atoms with van der Waals surface area (Å²) in [6.45, 7) is 7.04. The third-order valence-electron chi connectivity index (χ3n) is 5.21. The summed E-state index contributed by atoms with van der Waals surface area (Å²) in [7, 11) is 0. The standard InChI is InChI=1S/C22H24N4O3S/c1-12(2)11-23-19(27)14-7-4-5-8-15(14)24-20(28)18-13(3)17-21(30-18)25-16-9-6-10-26(16)22(17)29/h4-5,7-8,12H,6,9-11H2,1-3H3,(H,23,27)(H,24,28). The summed E-state index contributed by atoms with van der Waals surface area (Å²) in [6, 6.07) is 6.91. The molecule has 8 heteroatoms. The number of fused-ring (bicyclic) bond motifs is 2. The number of para-hydroxylation sites is 1. The summed E-state index contributed by atoms with van der Waals surface area (Å²) in [5.74, 6) is 0.534. The van der Waals surface area contributed by atoms with E-state index in [0.717, 1.165) is 18.7 Å². The molecule has 7 nitrogen and oxygen atoms in total. The van der Waals surface area contributed by atoms with Gasteiger partial charge in [-0.25, -0.2) is 4.98 Å². The number of carbonyl (C=O) groups is 2. The number of hydrogen-bond acceptors (Lipinski definition) is 5. The van der Waals surface area contributed by atoms with Gasteiger partial charge in [0.1, 0.15) is 10.7 Å². The molecule has 1 aliphatic rings. The average molecular weight is 425 g/mol. The van der Waals surface area contributed by atoms with Gasteiger partial charge in [0.25, 0.3) is 17.4 Å². The van der Waals surface area contributed by atoms with Crippen molar-refractivity contribution in [1.82, 2.24) is 14.9 Å². The summed E-state index contributed by atoms with van der Waals surface area (Å²) >= 11 is 1.22. The van der Waals surface area contributed by atoms with Crippen molar-refractivity contribution >= 4 is 39.1 Å². The second kappa shape index (κ2) is 8.02. The molecular weight excluding hydrogens is 400 g/mol. The van der Waals surface area contributed by atoms with Gasteiger partial charge in [0.15, 0.2) is 0 Å². The third kappa shape index (κ3) is 3.63. The highest BCUT2D eigenvalue weighted by Crippen LogP contribution is 2.29. The van der Waals surface area contributed by atoms with Gasteiger partial charge in [-0.15, -0.1) is 11.3 Å². The van der Waals surface area contributed by atoms with E-state index >= 15 is 0 Å². The van der Waals surface area contributed by atoms with Crippen LogP contribution in [0, 0.1) is 12.8 Å². The Hall–Kier alpha value is -3.00. The molecule has 0 aliphatic carbocycles. The molecule has 0 saturated heterocycles. The number of aryl methyl sites for hydroxylation is 2. The number of aromatic nitrogens is 2. The highest BCUT2D eigenvalue weighted by atomic mass is 32.1. The molecule has 156 valence electrons. The Morgan fingerprint density at radius 3 is 2.77 bits per heavy atom. The molecule has 2 N–H and O–H groups in total. The Morgan fingerprint density at radius 1 is 1.23 bits per heavy atom. The molecule has 2 aromatic heterocycles. The number of anilines is 1. The minimum absolute atomic E-state index is 0.0752. The van der Waals surface area contributed by atoms with Crippen LogP contribution in [0.5, 0.6) is 0 Å². The number of carbonyl (C=O) groups excluding carboxylic acids is 2. The molecule has 0 atom stereocenters. The van der Waals surface area contributed by atoms with Crippen LogP contribution in [0.15, 0.2) is 29.1 Å². The SMILES string of the molecule is Cc1c(C(=O)Nc2ccccc2C(=O)NCC(C)C)sc2nc3n(c(=O)c12)CCC3. The second-order valence-electron chi connectivity index (χ2n) is 7.93. The van der Waals surface area contributed by atoms with Crippen molar-refractivity contribution < 1.29 is 9.59 Å². The van der Waals surface area contributed by atoms with E-state index in [4.69, 9.17) is 0 Å². The number of nitrogens with one attached hydrogen (secondary N) is 2. The number of benzene rings is 1. The molecule has 3 heterocycles. The number of amides is 2. The predicted molar refractivity (Wildman–Crippen MR) is 119 cm³/mol. The van der Waals surface area contributed by atoms with E-state index in [1.54, 1.807) is 35.8 Å². The van der Waals surface area contributed by atoms with E-state index in [0.29, 0.717) is 50.9 Å². The lowest BCUT2D eigenvalue weighted by Crippen LogP contribution is -2.28. The van der Waals surface area contributed by atoms with Gasteiger partial charge in [0, 0.05) is 19.5 Å². The smallest absolute Gasteiger partial charge is 0.266 e. The van der Waals surface area contributed by atoms with Gasteiger partial charge in [-0.3, -0.25) is 19.0 Å². The van der Waals surface area contributed by atoms with Crippen LogP contribution < -0.4 is 16.2 Å². The molecule has 0 saturated carbocycles. The molecule has 0 bridgehead atoms. The maximum Gasteiger partial charge on any atom is 0.266 e. The fourth-order valence-corrected chi connectivity index (χ4v) is 4.74. The Bertz CT molecular complexity index is 1210. The maximum absolute atomic E-state index is 13.0. The molecule has 0 radical (unpaired) electrons. The third-order valence-corrected chi connectivity index (χ3v) is 6.39. The molecular formula is C22H24N4O3S. The Balaban J connectivity index is 1.65. The lowest BCUT2D eigenvalue weighted by Gasteiger charge is -2.12. The van der Waals surface area contributed by atoms with Gasteiger partial charge >= 0.3 is 0 Å². The van der Waals surface area contributed by atoms with E-state index in [1.165, 1.54) is 11.3 Å². The van der Waals surface area contributed by atoms with Crippen LogP contribution in [-0.4, -0.2) is 27.9 Å². The highest BCUT2D eigenvalue weighted by molar-refractivity contribution is 7.20. The zero-order valence-electron chi connectivity index (χ0n) is 17.2. The first kappa shape index (κ1) is 20.3. The summed E-state index contributed by atoms with van der Waals surface area (Å²) in [4.78, 5) is 44.1. The van der Waals surface area contributed by atoms with Crippen molar-refractivity contribution in [2.75, 3.05) is 11.9 Å². The normalized spacial score (nSPS) is 12.9. The molecule has 0 spiro atoms. The first-order valence-electron chi connectivity index (χ1n) is 10.1. The molecule has 30 heavy (non-hydrogen) atoms. The zero-order valence-corrected chi connectivity index (χ0v) is 18.1. The van der Waals surface area contributed by atoms with Crippen LogP contribution in [0.1, 0.15) is 51.7 Å².